The fourth-order valence-corrected chi connectivity index (χ4v) is 11.9. The zero-order valence-corrected chi connectivity index (χ0v) is 48.8. The molecular weight excluding hydrogens is 1010 g/mol. The van der Waals surface area contributed by atoms with Crippen molar-refractivity contribution >= 4 is 34.5 Å². The first kappa shape index (κ1) is 64.5. The van der Waals surface area contributed by atoms with Crippen molar-refractivity contribution in [3.63, 3.8) is 0 Å². The van der Waals surface area contributed by atoms with E-state index in [0.29, 0.717) is 43.3 Å². The van der Waals surface area contributed by atoms with E-state index in [-0.39, 0.29) is 49.1 Å². The number of likely N-dealkylation sites (N-methyl/N-ethyl adjacent to an activating group) is 1. The van der Waals surface area contributed by atoms with Crippen LogP contribution < -0.4 is 15.8 Å². The third-order valence-electron chi connectivity index (χ3n) is 16.7. The Labute approximate surface area is 459 Å². The number of oxime groups is 1. The van der Waals surface area contributed by atoms with Gasteiger partial charge in [0.05, 0.1) is 59.7 Å². The summed E-state index contributed by atoms with van der Waals surface area (Å²) in [5.74, 6) is -5.96. The lowest BCUT2D eigenvalue weighted by molar-refractivity contribution is -0.320. The van der Waals surface area contributed by atoms with E-state index in [0.717, 1.165) is 5.56 Å². The molecule has 442 valence electrons. The van der Waals surface area contributed by atoms with E-state index in [1.165, 1.54) is 27.3 Å². The summed E-state index contributed by atoms with van der Waals surface area (Å²) < 4.78 is 53.2. The van der Waals surface area contributed by atoms with Crippen LogP contribution in [0.25, 0.3) is 10.9 Å². The van der Waals surface area contributed by atoms with Gasteiger partial charge < -0.3 is 78.8 Å². The van der Waals surface area contributed by atoms with Gasteiger partial charge in [-0.1, -0.05) is 38.9 Å². The highest BCUT2D eigenvalue weighted by atomic mass is 16.7. The predicted molar refractivity (Wildman–Crippen MR) is 290 cm³/mol. The number of ether oxygens (including phenoxy) is 8. The van der Waals surface area contributed by atoms with E-state index < -0.39 is 119 Å². The number of rotatable bonds is 18. The molecule has 0 amide bonds. The second kappa shape index (κ2) is 27.0. The maximum atomic E-state index is 14.6. The Hall–Kier alpha value is -4.33. The first-order chi connectivity index (χ1) is 36.5. The number of methoxy groups -OCH3 is 2. The molecule has 0 spiro atoms. The molecule has 1 aromatic heterocycles. The minimum Gasteiger partial charge on any atom is -0.477 e. The van der Waals surface area contributed by atoms with Gasteiger partial charge in [0.25, 0.3) is 0 Å². The van der Waals surface area contributed by atoms with Crippen LogP contribution in [0.1, 0.15) is 124 Å². The van der Waals surface area contributed by atoms with Crippen molar-refractivity contribution in [1.82, 2.24) is 14.9 Å². The smallest absolute Gasteiger partial charge is 0.341 e. The lowest BCUT2D eigenvalue weighted by atomic mass is 9.73. The molecule has 22 heteroatoms. The van der Waals surface area contributed by atoms with Gasteiger partial charge in [0.1, 0.15) is 29.0 Å². The molecule has 18 atom stereocenters. The molecule has 6 N–H and O–H groups in total. The summed E-state index contributed by atoms with van der Waals surface area (Å²) in [6, 6.07) is 5.10. The van der Waals surface area contributed by atoms with Crippen molar-refractivity contribution in [2.24, 2.45) is 28.8 Å². The number of aliphatic hydroxyl groups is 3. The summed E-state index contributed by atoms with van der Waals surface area (Å²) in [5.41, 5.74) is -3.72. The Balaban J connectivity index is 1.36. The number of benzene rings is 1. The Bertz CT molecular complexity index is 2440. The lowest BCUT2D eigenvalue weighted by Crippen LogP contribution is -2.61. The van der Waals surface area contributed by atoms with Gasteiger partial charge in [-0.05, 0) is 112 Å². The molecule has 0 unspecified atom stereocenters. The van der Waals surface area contributed by atoms with Crippen molar-refractivity contribution in [1.29, 1.82) is 0 Å². The number of fused-ring (bicyclic) bond motifs is 1. The summed E-state index contributed by atoms with van der Waals surface area (Å²) in [6.07, 6.45) is -6.82. The molecule has 3 aliphatic rings. The van der Waals surface area contributed by atoms with Crippen LogP contribution in [0.4, 0.5) is 0 Å². The van der Waals surface area contributed by atoms with Crippen molar-refractivity contribution in [3.05, 3.63) is 45.7 Å². The molecule has 22 nitrogen and oxygen atoms in total. The van der Waals surface area contributed by atoms with Gasteiger partial charge >= 0.3 is 17.9 Å². The monoisotopic (exact) mass is 1110 g/mol. The molecule has 1 aromatic carbocycles. The number of cyclic esters (lactones) is 1. The normalized spacial score (nSPS) is 37.0. The van der Waals surface area contributed by atoms with Crippen LogP contribution >= 0.6 is 0 Å². The number of aryl methyl sites for hydroxylation is 1. The van der Waals surface area contributed by atoms with Gasteiger partial charge in [0, 0.05) is 76.7 Å². The number of nitrogens with one attached hydrogen (secondary N) is 1. The molecule has 0 aliphatic carbocycles. The number of hydrogen-bond acceptors (Lipinski definition) is 20. The van der Waals surface area contributed by atoms with E-state index >= 15 is 0 Å². The minimum absolute atomic E-state index is 0.0269. The lowest BCUT2D eigenvalue weighted by Gasteiger charge is -2.50. The molecule has 4 heterocycles. The van der Waals surface area contributed by atoms with E-state index in [4.69, 9.17) is 37.9 Å². The number of aromatic carboxylic acids is 1. The number of aromatic nitrogens is 1. The van der Waals surface area contributed by atoms with Crippen LogP contribution in [0, 0.1) is 23.7 Å². The Kier molecular flexibility index (Phi) is 22.3. The average molecular weight is 1110 g/mol. The quantitative estimate of drug-likeness (QED) is 0.0531. The molecule has 3 fully saturated rings. The fourth-order valence-electron chi connectivity index (χ4n) is 11.9. The molecule has 5 rings (SSSR count). The maximum Gasteiger partial charge on any atom is 0.341 e. The first-order valence-corrected chi connectivity index (χ1v) is 27.4. The molecule has 0 saturated carbocycles. The van der Waals surface area contributed by atoms with Crippen molar-refractivity contribution in [2.45, 2.75) is 198 Å². The van der Waals surface area contributed by atoms with Crippen LogP contribution in [-0.2, 0) is 53.9 Å². The van der Waals surface area contributed by atoms with Gasteiger partial charge in [-0.2, -0.15) is 0 Å². The number of carbonyl (C=O) groups is 3. The Morgan fingerprint density at radius 3 is 2.15 bits per heavy atom. The van der Waals surface area contributed by atoms with Gasteiger partial charge in [0.2, 0.25) is 5.43 Å². The van der Waals surface area contributed by atoms with E-state index in [1.54, 1.807) is 70.5 Å². The van der Waals surface area contributed by atoms with E-state index in [1.807, 2.05) is 52.8 Å². The summed E-state index contributed by atoms with van der Waals surface area (Å²) >= 11 is 0. The standard InChI is InChI=1S/C56H91N5O17/c1-17-41-56(10,69)48(65)32(4)44(58-70)30(2)27-54(8,71-15)49(78-53-46(64)40(59(11)12)25-31(3)73-53)33(5)47(34(6)52(68)75-41)77-43-28-55(9,72-16)50(35(7)74-43)76-42(62)22-24-57-23-18-19-36-20-21-39-37(26-36)45(63)38(51(66)67)29-61(39)60(13)14/h20-21,26,29-35,40-41,43,46-50,53,57,64-65,69-70H,17-19,22-25,27-28H2,1-16H3,(H,66,67)/b58-44+/t30-,31-,32+,33+,34-,35+,40+,41-,43+,46-,47+,48-,49-,50+,53+,54-,55-,56-/m1/s1. The Morgan fingerprint density at radius 1 is 0.910 bits per heavy atom. The van der Waals surface area contributed by atoms with Gasteiger partial charge in [-0.3, -0.25) is 19.1 Å². The summed E-state index contributed by atoms with van der Waals surface area (Å²) in [5, 5.41) is 64.7. The number of aliphatic hydroxyl groups excluding tert-OH is 2. The topological polar surface area (TPSA) is 279 Å². The highest BCUT2D eigenvalue weighted by Crippen LogP contribution is 2.42. The number of nitrogens with zero attached hydrogens (tertiary/aromatic N) is 4. The number of carboxylic acid groups (broad SMARTS) is 1. The van der Waals surface area contributed by atoms with Gasteiger partial charge in [-0.25, -0.2) is 4.79 Å². The second-order valence-corrected chi connectivity index (χ2v) is 23.0. The van der Waals surface area contributed by atoms with Crippen molar-refractivity contribution < 1.29 is 77.9 Å². The molecular formula is C56H91N5O17. The summed E-state index contributed by atoms with van der Waals surface area (Å²) in [6.45, 7) is 18.1. The maximum absolute atomic E-state index is 14.6. The molecule has 0 radical (unpaired) electrons. The van der Waals surface area contributed by atoms with E-state index in [9.17, 15) is 44.8 Å². The zero-order chi connectivity index (χ0) is 58.4. The molecule has 2 aromatic rings. The number of carboxylic acids is 1. The summed E-state index contributed by atoms with van der Waals surface area (Å²) in [7, 11) is 10.3. The van der Waals surface area contributed by atoms with Crippen molar-refractivity contribution in [3.8, 4) is 0 Å². The zero-order valence-electron chi connectivity index (χ0n) is 48.8. The van der Waals surface area contributed by atoms with Crippen LogP contribution in [0.2, 0.25) is 0 Å². The van der Waals surface area contributed by atoms with Crippen LogP contribution in [0.5, 0.6) is 0 Å². The minimum atomic E-state index is -2.00. The third kappa shape index (κ3) is 14.4. The number of carbonyl (C=O) groups excluding carboxylic acids is 2. The predicted octanol–water partition coefficient (Wildman–Crippen LogP) is 4.07. The van der Waals surface area contributed by atoms with Crippen LogP contribution in [-0.4, -0.2) is 199 Å². The number of hydrogen-bond donors (Lipinski definition) is 6. The van der Waals surface area contributed by atoms with Gasteiger partial charge in [-0.15, -0.1) is 0 Å². The molecule has 3 saturated heterocycles. The Morgan fingerprint density at radius 2 is 1.56 bits per heavy atom. The highest BCUT2D eigenvalue weighted by Gasteiger charge is 2.55. The number of esters is 2. The molecule has 3 aliphatic heterocycles. The summed E-state index contributed by atoms with van der Waals surface area (Å²) in [4.78, 5) is 55.0. The second-order valence-electron chi connectivity index (χ2n) is 23.0. The molecule has 0 bridgehead atoms. The number of pyridine rings is 1. The highest BCUT2D eigenvalue weighted by molar-refractivity contribution is 5.93. The first-order valence-electron chi connectivity index (χ1n) is 27.4. The SMILES string of the molecule is CC[C@H]1OC(=O)[C@H](C)[C@@H](O[C@H]2C[C@@](C)(OC)[C@@H](OC(=O)CCNCCCc3ccc4c(c3)c(=O)c(C(=O)O)cn4N(C)C)[C@H](C)O2)[C@H](C)[C@@H](O[C@@H]2O[C@H](C)C[C@H](N(C)C)[C@H]2O)[C@](C)(OC)C[C@@H](C)/C(=N\O)[C@H](C)[C@@H](O)[C@]1(C)O. The largest absolute Gasteiger partial charge is 0.477 e. The van der Waals surface area contributed by atoms with E-state index in [2.05, 4.69) is 10.5 Å². The van der Waals surface area contributed by atoms with Crippen LogP contribution in [0.15, 0.2) is 34.3 Å². The molecule has 78 heavy (non-hydrogen) atoms. The van der Waals surface area contributed by atoms with Crippen molar-refractivity contribution in [2.75, 3.05) is 60.5 Å². The fraction of sp³-hybridized carbons (Fsp3) is 0.768. The third-order valence-corrected chi connectivity index (χ3v) is 16.7. The average Bonchev–Trinajstić information content (AvgIpc) is 3.39. The van der Waals surface area contributed by atoms with Gasteiger partial charge in [0.15, 0.2) is 18.7 Å². The van der Waals surface area contributed by atoms with Crippen LogP contribution in [0.3, 0.4) is 0 Å².